The number of methoxy groups -OCH3 is 1. The van der Waals surface area contributed by atoms with E-state index < -0.39 is 0 Å². The minimum atomic E-state index is 0.532. The summed E-state index contributed by atoms with van der Waals surface area (Å²) in [4.78, 5) is 4.19. The van der Waals surface area contributed by atoms with Crippen molar-refractivity contribution in [2.75, 3.05) is 7.11 Å². The van der Waals surface area contributed by atoms with Crippen LogP contribution < -0.4 is 9.88 Å². The van der Waals surface area contributed by atoms with E-state index in [0.717, 1.165) is 23.1 Å². The molecule has 0 saturated carbocycles. The lowest BCUT2D eigenvalue weighted by atomic mass is 10.1. The first-order chi connectivity index (χ1) is 8.65. The van der Waals surface area contributed by atoms with Crippen molar-refractivity contribution in [2.45, 2.75) is 5.03 Å². The van der Waals surface area contributed by atoms with Crippen molar-refractivity contribution in [1.29, 1.82) is 0 Å². The molecule has 0 aliphatic rings. The summed E-state index contributed by atoms with van der Waals surface area (Å²) in [5, 5.41) is 7.41. The molecule has 1 aromatic carbocycles. The van der Waals surface area contributed by atoms with Crippen LogP contribution in [-0.4, -0.2) is 12.1 Å². The Bertz CT molecular complexity index is 526. The maximum atomic E-state index is 6.01. The number of nitrogens with two attached hydrogens (primary N) is 1. The Morgan fingerprint density at radius 3 is 2.56 bits per heavy atom. The molecule has 1 aromatic heterocycles. The van der Waals surface area contributed by atoms with E-state index in [0.29, 0.717) is 20.8 Å². The summed E-state index contributed by atoms with van der Waals surface area (Å²) < 4.78 is 5.31. The highest BCUT2D eigenvalue weighted by Gasteiger charge is 2.12. The van der Waals surface area contributed by atoms with E-state index in [1.54, 1.807) is 37.6 Å². The summed E-state index contributed by atoms with van der Waals surface area (Å²) in [5.74, 6) is 0.693. The Labute approximate surface area is 119 Å². The van der Waals surface area contributed by atoms with E-state index in [4.69, 9.17) is 33.1 Å². The fraction of sp³-hybridized carbons (Fsp3) is 0.0833. The number of benzene rings is 1. The molecule has 2 rings (SSSR count). The largest absolute Gasteiger partial charge is 0.496 e. The number of nitrogens with zero attached hydrogens (tertiary/aromatic N) is 1. The molecule has 0 bridgehead atoms. The zero-order valence-electron chi connectivity index (χ0n) is 9.48. The Kier molecular flexibility index (Phi) is 4.35. The van der Waals surface area contributed by atoms with Gasteiger partial charge in [-0.3, -0.25) is 5.14 Å². The van der Waals surface area contributed by atoms with Gasteiger partial charge in [-0.25, -0.2) is 4.98 Å². The van der Waals surface area contributed by atoms with E-state index in [1.807, 2.05) is 0 Å². The van der Waals surface area contributed by atoms with Crippen molar-refractivity contribution in [2.24, 2.45) is 5.14 Å². The molecule has 18 heavy (non-hydrogen) atoms. The van der Waals surface area contributed by atoms with Gasteiger partial charge in [0.25, 0.3) is 0 Å². The highest BCUT2D eigenvalue weighted by atomic mass is 35.5. The summed E-state index contributed by atoms with van der Waals surface area (Å²) in [6.07, 6.45) is 1.55. The maximum absolute atomic E-state index is 6.01. The summed E-state index contributed by atoms with van der Waals surface area (Å²) in [5.41, 5.74) is 1.61. The third kappa shape index (κ3) is 2.72. The van der Waals surface area contributed by atoms with Crippen LogP contribution in [0.25, 0.3) is 11.1 Å². The monoisotopic (exact) mass is 300 g/mol. The maximum Gasteiger partial charge on any atom is 0.126 e. The van der Waals surface area contributed by atoms with E-state index in [1.165, 1.54) is 0 Å². The summed E-state index contributed by atoms with van der Waals surface area (Å²) in [6, 6.07) is 7.14. The molecule has 0 fully saturated rings. The minimum absolute atomic E-state index is 0.532. The van der Waals surface area contributed by atoms with E-state index in [-0.39, 0.29) is 0 Å². The first-order valence-electron chi connectivity index (χ1n) is 5.02. The number of aromatic nitrogens is 1. The molecule has 0 atom stereocenters. The lowest BCUT2D eigenvalue weighted by Gasteiger charge is -2.11. The Balaban J connectivity index is 2.67. The zero-order valence-corrected chi connectivity index (χ0v) is 11.8. The van der Waals surface area contributed by atoms with E-state index in [2.05, 4.69) is 4.98 Å². The molecular formula is C12H10Cl2N2OS. The van der Waals surface area contributed by atoms with Crippen LogP contribution in [0.5, 0.6) is 5.75 Å². The van der Waals surface area contributed by atoms with Crippen LogP contribution in [0.1, 0.15) is 0 Å². The first kappa shape index (κ1) is 13.5. The number of rotatable bonds is 3. The van der Waals surface area contributed by atoms with Crippen molar-refractivity contribution < 1.29 is 4.74 Å². The molecular weight excluding hydrogens is 291 g/mol. The topological polar surface area (TPSA) is 48.1 Å². The summed E-state index contributed by atoms with van der Waals surface area (Å²) in [6.45, 7) is 0. The second-order valence-electron chi connectivity index (χ2n) is 3.47. The minimum Gasteiger partial charge on any atom is -0.496 e. The van der Waals surface area contributed by atoms with E-state index >= 15 is 0 Å². The Hall–Kier alpha value is -0.940. The Morgan fingerprint density at radius 1 is 1.17 bits per heavy atom. The van der Waals surface area contributed by atoms with Gasteiger partial charge in [0.1, 0.15) is 10.8 Å². The average Bonchev–Trinajstić information content (AvgIpc) is 2.38. The standard InChI is InChI=1S/C12H10Cl2N2OS/c1-17-11-3-2-7(13)4-9(11)10-5-8(14)6-16-12(10)18-15/h2-6H,15H2,1H3. The molecule has 0 radical (unpaired) electrons. The van der Waals surface area contributed by atoms with Gasteiger partial charge in [-0.15, -0.1) is 0 Å². The van der Waals surface area contributed by atoms with Crippen LogP contribution in [0.2, 0.25) is 10.0 Å². The van der Waals surface area contributed by atoms with Gasteiger partial charge in [0.2, 0.25) is 0 Å². The van der Waals surface area contributed by atoms with Gasteiger partial charge in [0.05, 0.1) is 12.1 Å². The fourth-order valence-electron chi connectivity index (χ4n) is 1.60. The van der Waals surface area contributed by atoms with Crippen molar-refractivity contribution >= 4 is 35.1 Å². The van der Waals surface area contributed by atoms with Crippen LogP contribution in [0.4, 0.5) is 0 Å². The normalized spacial score (nSPS) is 10.4. The average molecular weight is 301 g/mol. The van der Waals surface area contributed by atoms with Gasteiger partial charge in [-0.05, 0) is 36.2 Å². The molecule has 0 spiro atoms. The molecule has 0 aliphatic heterocycles. The predicted molar refractivity (Wildman–Crippen MR) is 76.3 cm³/mol. The Morgan fingerprint density at radius 2 is 1.89 bits per heavy atom. The molecule has 2 aromatic rings. The molecule has 94 valence electrons. The molecule has 0 amide bonds. The molecule has 0 saturated heterocycles. The van der Waals surface area contributed by atoms with E-state index in [9.17, 15) is 0 Å². The van der Waals surface area contributed by atoms with Gasteiger partial charge < -0.3 is 4.74 Å². The second kappa shape index (κ2) is 5.80. The number of halogens is 2. The number of pyridine rings is 1. The van der Waals surface area contributed by atoms with Crippen molar-refractivity contribution in [3.05, 3.63) is 40.5 Å². The van der Waals surface area contributed by atoms with Crippen LogP contribution in [-0.2, 0) is 0 Å². The van der Waals surface area contributed by atoms with Crippen LogP contribution >= 0.6 is 35.1 Å². The van der Waals surface area contributed by atoms with Crippen LogP contribution in [0, 0.1) is 0 Å². The van der Waals surface area contributed by atoms with Gasteiger partial charge >= 0.3 is 0 Å². The van der Waals surface area contributed by atoms with Crippen LogP contribution in [0.15, 0.2) is 35.5 Å². The highest BCUT2D eigenvalue weighted by molar-refractivity contribution is 7.97. The molecule has 3 nitrogen and oxygen atoms in total. The molecule has 2 N–H and O–H groups in total. The summed E-state index contributed by atoms with van der Waals surface area (Å²) >= 11 is 13.0. The third-order valence-electron chi connectivity index (χ3n) is 2.38. The van der Waals surface area contributed by atoms with Gasteiger partial charge in [0, 0.05) is 22.3 Å². The third-order valence-corrected chi connectivity index (χ3v) is 3.37. The quantitative estimate of drug-likeness (QED) is 0.870. The smallest absolute Gasteiger partial charge is 0.126 e. The SMILES string of the molecule is COc1ccc(Cl)cc1-c1cc(Cl)cnc1SN. The molecule has 0 unspecified atom stereocenters. The van der Waals surface area contributed by atoms with Crippen molar-refractivity contribution in [3.8, 4) is 16.9 Å². The molecule has 1 heterocycles. The van der Waals surface area contributed by atoms with Gasteiger partial charge in [-0.2, -0.15) is 0 Å². The van der Waals surface area contributed by atoms with Crippen molar-refractivity contribution in [1.82, 2.24) is 4.98 Å². The lowest BCUT2D eigenvalue weighted by molar-refractivity contribution is 0.416. The number of ether oxygens (including phenoxy) is 1. The lowest BCUT2D eigenvalue weighted by Crippen LogP contribution is -1.93. The summed E-state index contributed by atoms with van der Waals surface area (Å²) in [7, 11) is 1.60. The molecule has 6 heteroatoms. The molecule has 0 aliphatic carbocycles. The zero-order chi connectivity index (χ0) is 13.1. The fourth-order valence-corrected chi connectivity index (χ4v) is 2.34. The van der Waals surface area contributed by atoms with Crippen LogP contribution in [0.3, 0.4) is 0 Å². The second-order valence-corrected chi connectivity index (χ2v) is 4.96. The highest BCUT2D eigenvalue weighted by Crippen LogP contribution is 2.37. The van der Waals surface area contributed by atoms with Crippen molar-refractivity contribution in [3.63, 3.8) is 0 Å². The van der Waals surface area contributed by atoms with Gasteiger partial charge in [-0.1, -0.05) is 23.2 Å². The number of hydrogen-bond acceptors (Lipinski definition) is 4. The predicted octanol–water partition coefficient (Wildman–Crippen LogP) is 4.03. The number of hydrogen-bond donors (Lipinski definition) is 1. The van der Waals surface area contributed by atoms with Gasteiger partial charge in [0.15, 0.2) is 0 Å². The first-order valence-corrected chi connectivity index (χ1v) is 6.65.